The van der Waals surface area contributed by atoms with E-state index in [1.54, 1.807) is 0 Å². The molecule has 1 atom stereocenters. The van der Waals surface area contributed by atoms with Gasteiger partial charge in [0.05, 0.1) is 0 Å². The molecule has 1 saturated carbocycles. The minimum absolute atomic E-state index is 0.0581. The number of aliphatic hydroxyl groups is 1. The van der Waals surface area contributed by atoms with Gasteiger partial charge in [-0.15, -0.1) is 0 Å². The van der Waals surface area contributed by atoms with E-state index in [1.165, 1.54) is 29.7 Å². The van der Waals surface area contributed by atoms with Crippen molar-refractivity contribution < 1.29 is 9.90 Å². The number of aromatic nitrogens is 1. The summed E-state index contributed by atoms with van der Waals surface area (Å²) in [6, 6.07) is 7.87. The normalized spacial score (nSPS) is 15.4. The van der Waals surface area contributed by atoms with Gasteiger partial charge in [-0.1, -0.05) is 19.3 Å². The first-order chi connectivity index (χ1) is 14.2. The van der Waals surface area contributed by atoms with Gasteiger partial charge in [0.25, 0.3) is 0 Å². The van der Waals surface area contributed by atoms with E-state index < -0.39 is 0 Å². The molecule has 3 rings (SSSR count). The Morgan fingerprint density at radius 2 is 1.93 bits per heavy atom. The van der Waals surface area contributed by atoms with E-state index >= 15 is 0 Å². The molecule has 1 aliphatic rings. The van der Waals surface area contributed by atoms with Crippen molar-refractivity contribution in [1.29, 1.82) is 0 Å². The van der Waals surface area contributed by atoms with E-state index in [2.05, 4.69) is 11.4 Å². The number of nitrogens with one attached hydrogen (secondary N) is 1. The molecule has 1 aromatic carbocycles. The first-order valence-corrected chi connectivity index (χ1v) is 14.2. The van der Waals surface area contributed by atoms with Crippen LogP contribution in [0.4, 0.5) is 5.69 Å². The molecule has 6 heteroatoms. The van der Waals surface area contributed by atoms with Gasteiger partial charge in [0.1, 0.15) is 0 Å². The fourth-order valence-electron chi connectivity index (χ4n) is 4.05. The van der Waals surface area contributed by atoms with Gasteiger partial charge in [0, 0.05) is 0 Å². The van der Waals surface area contributed by atoms with Gasteiger partial charge in [-0.3, -0.25) is 0 Å². The summed E-state index contributed by atoms with van der Waals surface area (Å²) >= 11 is 6.49. The number of nitrogens with zero attached hydrogens (tertiary/aromatic N) is 1. The van der Waals surface area contributed by atoms with Crippen molar-refractivity contribution in [3.05, 3.63) is 35.0 Å². The van der Waals surface area contributed by atoms with Crippen molar-refractivity contribution in [3.63, 3.8) is 0 Å². The summed E-state index contributed by atoms with van der Waals surface area (Å²) in [5.74, 6) is 0.561. The molecular weight excluding hydrogens is 447 g/mol. The van der Waals surface area contributed by atoms with Crippen LogP contribution in [0.2, 0.25) is 15.4 Å². The van der Waals surface area contributed by atoms with Crippen molar-refractivity contribution in [1.82, 2.24) is 4.98 Å². The first-order valence-electron chi connectivity index (χ1n) is 10.9. The summed E-state index contributed by atoms with van der Waals surface area (Å²) in [7, 11) is 0. The molecule has 1 unspecified atom stereocenters. The average Bonchev–Trinajstić information content (AvgIpc) is 2.73. The van der Waals surface area contributed by atoms with Gasteiger partial charge in [0.15, 0.2) is 0 Å². The quantitative estimate of drug-likeness (QED) is 0.356. The van der Waals surface area contributed by atoms with Crippen LogP contribution in [-0.4, -0.2) is 38.4 Å². The zero-order chi connectivity index (χ0) is 20.5. The van der Waals surface area contributed by atoms with Gasteiger partial charge in [-0.05, 0) is 12.8 Å². The molecule has 0 aliphatic heterocycles. The zero-order valence-electron chi connectivity index (χ0n) is 17.1. The number of anilines is 1. The Labute approximate surface area is 185 Å². The van der Waals surface area contributed by atoms with Crippen LogP contribution in [0.3, 0.4) is 0 Å². The Bertz CT molecular complexity index is 809. The molecule has 1 aliphatic carbocycles. The summed E-state index contributed by atoms with van der Waals surface area (Å²) in [5.41, 5.74) is 2.67. The van der Waals surface area contributed by atoms with E-state index in [-0.39, 0.29) is 21.7 Å². The molecule has 158 valence electrons. The van der Waals surface area contributed by atoms with E-state index in [4.69, 9.17) is 21.7 Å². The maximum atomic E-state index is 12.6. The molecule has 29 heavy (non-hydrogen) atoms. The van der Waals surface area contributed by atoms with E-state index in [0.717, 1.165) is 48.7 Å². The minimum atomic E-state index is 0.0581. The topological polar surface area (TPSA) is 62.2 Å². The average molecular weight is 479 g/mol. The predicted molar refractivity (Wildman–Crippen MR) is 123 cm³/mol. The zero-order valence-corrected chi connectivity index (χ0v) is 19.9. The van der Waals surface area contributed by atoms with E-state index in [9.17, 15) is 4.79 Å². The number of amides is 1. The van der Waals surface area contributed by atoms with E-state index in [1.807, 2.05) is 18.2 Å². The summed E-state index contributed by atoms with van der Waals surface area (Å²) in [6.07, 6.45) is 9.75. The Kier molecular flexibility index (Phi) is 9.29. The van der Waals surface area contributed by atoms with Crippen LogP contribution in [0.25, 0.3) is 10.9 Å². The molecule has 1 amide bonds. The summed E-state index contributed by atoms with van der Waals surface area (Å²) in [4.78, 5) is 17.4. The van der Waals surface area contributed by atoms with Gasteiger partial charge >= 0.3 is 154 Å². The summed E-state index contributed by atoms with van der Waals surface area (Å²) in [6.45, 7) is 0.317. The molecule has 2 N–H and O–H groups in total. The molecule has 0 radical (unpaired) electrons. The molecule has 2 aromatic rings. The standard InChI is InChI=1S/C23H32AsClN2O2/c25-20-11-12-21-19(10-9-18(26-21)8-4-13-24-14-5-15-28)23(20)27-22(29)16-17-6-2-1-3-7-17/h9-12,17,24,28H,1-8,13-16H2,(H,27,29). The van der Waals surface area contributed by atoms with Crippen LogP contribution in [0.1, 0.15) is 57.1 Å². The predicted octanol–water partition coefficient (Wildman–Crippen LogP) is 5.39. The van der Waals surface area contributed by atoms with Crippen LogP contribution in [0, 0.1) is 5.92 Å². The SMILES string of the molecule is O=C(CC1CCCCC1)Nc1c(Cl)ccc2nc(CCC[AsH]CCCO)ccc12. The number of benzene rings is 1. The van der Waals surface area contributed by atoms with Crippen LogP contribution in [-0.2, 0) is 11.2 Å². The third-order valence-electron chi connectivity index (χ3n) is 5.64. The number of aliphatic hydroxyl groups excluding tert-OH is 1. The van der Waals surface area contributed by atoms with Crippen LogP contribution in [0.15, 0.2) is 24.3 Å². The van der Waals surface area contributed by atoms with Crippen LogP contribution < -0.4 is 5.32 Å². The van der Waals surface area contributed by atoms with Crippen molar-refractivity contribution >= 4 is 49.9 Å². The van der Waals surface area contributed by atoms with Gasteiger partial charge in [-0.2, -0.15) is 0 Å². The number of aryl methyl sites for hydroxylation is 1. The summed E-state index contributed by atoms with van der Waals surface area (Å²) in [5, 5.41) is 15.9. The third kappa shape index (κ3) is 6.98. The Morgan fingerprint density at radius 1 is 1.14 bits per heavy atom. The van der Waals surface area contributed by atoms with Gasteiger partial charge < -0.3 is 0 Å². The van der Waals surface area contributed by atoms with Crippen molar-refractivity contribution in [3.8, 4) is 0 Å². The molecule has 1 aromatic heterocycles. The second-order valence-electron chi connectivity index (χ2n) is 7.98. The number of pyridine rings is 1. The Hall–Kier alpha value is -1.09. The monoisotopic (exact) mass is 478 g/mol. The third-order valence-corrected chi connectivity index (χ3v) is 8.92. The number of carbonyl (C=O) groups is 1. The number of rotatable bonds is 10. The molecule has 1 heterocycles. The number of hydrogen-bond donors (Lipinski definition) is 2. The number of hydrogen-bond acceptors (Lipinski definition) is 3. The molecule has 4 nitrogen and oxygen atoms in total. The van der Waals surface area contributed by atoms with Crippen LogP contribution >= 0.6 is 11.6 Å². The Morgan fingerprint density at radius 3 is 2.72 bits per heavy atom. The molecule has 0 saturated heterocycles. The first kappa shape index (κ1) is 22.6. The van der Waals surface area contributed by atoms with Crippen molar-refractivity contribution in [2.24, 2.45) is 5.92 Å². The number of carbonyl (C=O) groups excluding carboxylic acids is 1. The fraction of sp³-hybridized carbons (Fsp3) is 0.565. The summed E-state index contributed by atoms with van der Waals surface area (Å²) < 4.78 is 0. The number of fused-ring (bicyclic) bond motifs is 1. The fourth-order valence-corrected chi connectivity index (χ4v) is 6.54. The molecular formula is C23H32AsClN2O2. The van der Waals surface area contributed by atoms with Crippen molar-refractivity contribution in [2.75, 3.05) is 11.9 Å². The van der Waals surface area contributed by atoms with Crippen molar-refractivity contribution in [2.45, 2.75) is 68.2 Å². The van der Waals surface area contributed by atoms with E-state index in [0.29, 0.717) is 29.7 Å². The second kappa shape index (κ2) is 11.9. The molecule has 1 fully saturated rings. The number of halogens is 1. The van der Waals surface area contributed by atoms with Gasteiger partial charge in [-0.25, -0.2) is 0 Å². The second-order valence-corrected chi connectivity index (χ2v) is 11.5. The molecule has 0 bridgehead atoms. The molecule has 0 spiro atoms. The van der Waals surface area contributed by atoms with Gasteiger partial charge in [0.2, 0.25) is 0 Å². The maximum absolute atomic E-state index is 12.6. The van der Waals surface area contributed by atoms with Crippen LogP contribution in [0.5, 0.6) is 0 Å². The Balaban J connectivity index is 1.61.